The first-order valence-corrected chi connectivity index (χ1v) is 12.7. The molecule has 0 bridgehead atoms. The summed E-state index contributed by atoms with van der Waals surface area (Å²) in [5.74, 6) is -0.521. The lowest BCUT2D eigenvalue weighted by molar-refractivity contribution is -0.144. The zero-order valence-electron chi connectivity index (χ0n) is 20.9. The van der Waals surface area contributed by atoms with E-state index in [0.29, 0.717) is 51.1 Å². The molecule has 0 aliphatic carbocycles. The molecular weight excluding hydrogens is 548 g/mol. The highest BCUT2D eigenvalue weighted by Crippen LogP contribution is 2.43. The van der Waals surface area contributed by atoms with Gasteiger partial charge in [0.25, 0.3) is 0 Å². The van der Waals surface area contributed by atoms with Crippen LogP contribution in [0.15, 0.2) is 91.0 Å². The summed E-state index contributed by atoms with van der Waals surface area (Å²) in [6.07, 6.45) is -3.93. The Hall–Kier alpha value is -3.68. The molecule has 3 N–H and O–H groups in total. The third kappa shape index (κ3) is 6.00. The number of nitrogens with one attached hydrogen (secondary N) is 1. The first-order chi connectivity index (χ1) is 18.5. The van der Waals surface area contributed by atoms with Crippen molar-refractivity contribution >= 4 is 40.5 Å². The third-order valence-electron chi connectivity index (χ3n) is 6.54. The first-order valence-electron chi connectivity index (χ1n) is 12.0. The average Bonchev–Trinajstić information content (AvgIpc) is 2.92. The van der Waals surface area contributed by atoms with Crippen LogP contribution in [0.2, 0.25) is 10.0 Å². The van der Waals surface area contributed by atoms with Crippen LogP contribution in [0.5, 0.6) is 0 Å². The number of ether oxygens (including phenoxy) is 1. The summed E-state index contributed by atoms with van der Waals surface area (Å²) in [6.45, 7) is 0.395. The second kappa shape index (κ2) is 11.6. The lowest BCUT2D eigenvalue weighted by Crippen LogP contribution is -2.39. The number of carbonyl (C=O) groups excluding carboxylic acids is 1. The Morgan fingerprint density at radius 2 is 1.28 bits per heavy atom. The molecule has 0 aliphatic heterocycles. The number of nitrogens with two attached hydrogens (primary N) is 1. The van der Waals surface area contributed by atoms with Crippen LogP contribution in [-0.4, -0.2) is 19.6 Å². The molecule has 4 rings (SSSR count). The Labute approximate surface area is 234 Å². The molecule has 0 aliphatic rings. The molecule has 0 amide bonds. The molecule has 0 atom stereocenters. The Morgan fingerprint density at radius 1 is 0.795 bits per heavy atom. The number of esters is 1. The molecule has 39 heavy (non-hydrogen) atoms. The van der Waals surface area contributed by atoms with Crippen molar-refractivity contribution in [3.05, 3.63) is 129 Å². The van der Waals surface area contributed by atoms with E-state index in [9.17, 15) is 18.0 Å². The van der Waals surface area contributed by atoms with Gasteiger partial charge in [-0.25, -0.2) is 0 Å². The minimum atomic E-state index is -4.38. The molecule has 0 radical (unpaired) electrons. The molecule has 4 aromatic carbocycles. The van der Waals surface area contributed by atoms with Crippen molar-refractivity contribution in [2.45, 2.75) is 18.0 Å². The highest BCUT2D eigenvalue weighted by Gasteiger charge is 2.45. The van der Waals surface area contributed by atoms with E-state index in [4.69, 9.17) is 33.7 Å². The quantitative estimate of drug-likeness (QED) is 0.129. The minimum Gasteiger partial charge on any atom is -0.468 e. The van der Waals surface area contributed by atoms with Crippen LogP contribution in [0.4, 0.5) is 24.5 Å². The molecule has 0 unspecified atom stereocenters. The Balaban J connectivity index is 1.72. The number of rotatable bonds is 8. The Kier molecular flexibility index (Phi) is 8.42. The molecule has 0 fully saturated rings. The first kappa shape index (κ1) is 28.3. The summed E-state index contributed by atoms with van der Waals surface area (Å²) < 4.78 is 43.9. The van der Waals surface area contributed by atoms with Gasteiger partial charge in [-0.05, 0) is 77.2 Å². The number of hydrogen-bond acceptors (Lipinski definition) is 4. The second-order valence-electron chi connectivity index (χ2n) is 8.93. The van der Waals surface area contributed by atoms with Crippen molar-refractivity contribution in [3.63, 3.8) is 0 Å². The summed E-state index contributed by atoms with van der Waals surface area (Å²) in [5, 5.41) is 4.28. The highest BCUT2D eigenvalue weighted by atomic mass is 35.5. The third-order valence-corrected chi connectivity index (χ3v) is 7.05. The molecule has 4 nitrogen and oxygen atoms in total. The highest BCUT2D eigenvalue weighted by molar-refractivity contribution is 6.30. The van der Waals surface area contributed by atoms with Crippen molar-refractivity contribution in [1.82, 2.24) is 0 Å². The minimum absolute atomic E-state index is 0.395. The van der Waals surface area contributed by atoms with E-state index in [1.165, 1.54) is 19.2 Å². The fourth-order valence-corrected chi connectivity index (χ4v) is 4.80. The van der Waals surface area contributed by atoms with Crippen molar-refractivity contribution in [1.29, 1.82) is 0 Å². The van der Waals surface area contributed by atoms with Gasteiger partial charge in [0.2, 0.25) is 0 Å². The van der Waals surface area contributed by atoms with E-state index in [2.05, 4.69) is 5.32 Å². The van der Waals surface area contributed by atoms with E-state index >= 15 is 0 Å². The second-order valence-corrected chi connectivity index (χ2v) is 9.80. The molecule has 9 heteroatoms. The van der Waals surface area contributed by atoms with Crippen molar-refractivity contribution in [2.24, 2.45) is 0 Å². The maximum atomic E-state index is 13.7. The summed E-state index contributed by atoms with van der Waals surface area (Å²) in [6, 6.07) is 24.1. The van der Waals surface area contributed by atoms with Gasteiger partial charge in [-0.15, -0.1) is 0 Å². The van der Waals surface area contributed by atoms with Gasteiger partial charge in [0.05, 0.1) is 24.0 Å². The van der Waals surface area contributed by atoms with E-state index in [1.807, 2.05) is 0 Å². The van der Waals surface area contributed by atoms with Crippen molar-refractivity contribution in [3.8, 4) is 0 Å². The maximum Gasteiger partial charge on any atom is 0.416 e. The zero-order valence-corrected chi connectivity index (χ0v) is 22.4. The zero-order chi connectivity index (χ0) is 28.2. The average molecular weight is 573 g/mol. The van der Waals surface area contributed by atoms with Gasteiger partial charge in [-0.2, -0.15) is 13.2 Å². The molecule has 0 saturated carbocycles. The molecule has 0 saturated heterocycles. The van der Waals surface area contributed by atoms with Gasteiger partial charge in [-0.3, -0.25) is 4.79 Å². The standard InChI is InChI=1S/C30H25Cl2F3N2O2/c1-39-28(38)29(20-6-11-24(31)12-7-20,21-8-13-25(32)14-9-21)23-10-15-26(36)27(18-23)37-17-16-19-2-4-22(5-3-19)30(33,34)35/h2-15,18,37H,16-17,36H2,1H3. The fraction of sp³-hybridized carbons (Fsp3) is 0.167. The normalized spacial score (nSPS) is 11.7. The molecule has 4 aromatic rings. The predicted molar refractivity (Wildman–Crippen MR) is 149 cm³/mol. The van der Waals surface area contributed by atoms with Crippen LogP contribution < -0.4 is 11.1 Å². The number of benzene rings is 4. The number of halogens is 5. The van der Waals surface area contributed by atoms with E-state index in [-0.39, 0.29) is 0 Å². The summed E-state index contributed by atoms with van der Waals surface area (Å²) >= 11 is 12.3. The lowest BCUT2D eigenvalue weighted by Gasteiger charge is -2.33. The van der Waals surface area contributed by atoms with Crippen molar-refractivity contribution < 1.29 is 22.7 Å². The van der Waals surface area contributed by atoms with Crippen LogP contribution in [0.3, 0.4) is 0 Å². The van der Waals surface area contributed by atoms with Crippen molar-refractivity contribution in [2.75, 3.05) is 24.7 Å². The number of anilines is 2. The smallest absolute Gasteiger partial charge is 0.416 e. The van der Waals surface area contributed by atoms with Gasteiger partial charge in [0.1, 0.15) is 5.41 Å². The topological polar surface area (TPSA) is 64.3 Å². The van der Waals surface area contributed by atoms with Gasteiger partial charge in [0.15, 0.2) is 0 Å². The van der Waals surface area contributed by atoms with Crippen LogP contribution in [0.1, 0.15) is 27.8 Å². The van der Waals surface area contributed by atoms with Gasteiger partial charge in [-0.1, -0.05) is 65.7 Å². The predicted octanol–water partition coefficient (Wildman–Crippen LogP) is 7.76. The molecule has 0 spiro atoms. The molecule has 202 valence electrons. The summed E-state index contributed by atoms with van der Waals surface area (Å²) in [5.41, 5.74) is 7.78. The molecule has 0 aromatic heterocycles. The van der Waals surface area contributed by atoms with Crippen LogP contribution in [-0.2, 0) is 27.5 Å². The van der Waals surface area contributed by atoms with Gasteiger partial charge >= 0.3 is 12.1 Å². The molecule has 0 heterocycles. The van der Waals surface area contributed by atoms with Gasteiger partial charge in [0, 0.05) is 16.6 Å². The number of carbonyl (C=O) groups is 1. The maximum absolute atomic E-state index is 13.7. The number of hydrogen-bond donors (Lipinski definition) is 2. The van der Waals surface area contributed by atoms with Crippen LogP contribution in [0.25, 0.3) is 0 Å². The summed E-state index contributed by atoms with van der Waals surface area (Å²) in [4.78, 5) is 13.7. The van der Waals surface area contributed by atoms with Gasteiger partial charge < -0.3 is 15.8 Å². The monoisotopic (exact) mass is 572 g/mol. The Morgan fingerprint density at radius 3 is 1.77 bits per heavy atom. The fourth-order valence-electron chi connectivity index (χ4n) is 4.55. The number of alkyl halides is 3. The number of nitrogen functional groups attached to an aromatic ring is 1. The molecular formula is C30H25Cl2F3N2O2. The van der Waals surface area contributed by atoms with Crippen LogP contribution in [0, 0.1) is 0 Å². The number of methoxy groups -OCH3 is 1. The summed E-state index contributed by atoms with van der Waals surface area (Å²) in [7, 11) is 1.32. The van der Waals surface area contributed by atoms with Crippen LogP contribution >= 0.6 is 23.2 Å². The van der Waals surface area contributed by atoms with E-state index in [1.54, 1.807) is 66.7 Å². The SMILES string of the molecule is COC(=O)C(c1ccc(Cl)cc1)(c1ccc(Cl)cc1)c1ccc(N)c(NCCc2ccc(C(F)(F)F)cc2)c1. The van der Waals surface area contributed by atoms with E-state index < -0.39 is 23.1 Å². The lowest BCUT2D eigenvalue weighted by atomic mass is 9.69. The largest absolute Gasteiger partial charge is 0.468 e. The Bertz CT molecular complexity index is 1390. The van der Waals surface area contributed by atoms with E-state index in [0.717, 1.165) is 17.7 Å².